The zero-order chi connectivity index (χ0) is 17.1. The van der Waals surface area contributed by atoms with E-state index >= 15 is 0 Å². The van der Waals surface area contributed by atoms with E-state index in [9.17, 15) is 9.59 Å². The molecule has 1 heterocycles. The molecule has 124 valence electrons. The van der Waals surface area contributed by atoms with Crippen molar-refractivity contribution in [2.75, 3.05) is 6.61 Å². The molecule has 0 unspecified atom stereocenters. The van der Waals surface area contributed by atoms with Gasteiger partial charge >= 0.3 is 5.97 Å². The summed E-state index contributed by atoms with van der Waals surface area (Å²) >= 11 is 3.31. The molecule has 2 aromatic carbocycles. The summed E-state index contributed by atoms with van der Waals surface area (Å²) in [7, 11) is 0. The van der Waals surface area contributed by atoms with Gasteiger partial charge in [-0.15, -0.1) is 0 Å². The maximum atomic E-state index is 12.3. The van der Waals surface area contributed by atoms with Crippen LogP contribution in [0.2, 0.25) is 0 Å². The predicted octanol–water partition coefficient (Wildman–Crippen LogP) is 3.40. The van der Waals surface area contributed by atoms with Crippen molar-refractivity contribution in [3.8, 4) is 11.5 Å². The van der Waals surface area contributed by atoms with Gasteiger partial charge in [0.15, 0.2) is 17.6 Å². The van der Waals surface area contributed by atoms with E-state index in [1.54, 1.807) is 49.4 Å². The predicted molar refractivity (Wildman–Crippen MR) is 90.4 cm³/mol. The molecule has 0 bridgehead atoms. The molecule has 1 aliphatic heterocycles. The number of fused-ring (bicyclic) bond motifs is 1. The van der Waals surface area contributed by atoms with Crippen molar-refractivity contribution in [2.24, 2.45) is 0 Å². The first-order valence-corrected chi connectivity index (χ1v) is 8.22. The molecule has 5 nitrogen and oxygen atoms in total. The number of carbonyl (C=O) groups is 2. The normalized spacial score (nSPS) is 17.0. The molecule has 2 aromatic rings. The number of rotatable bonds is 4. The van der Waals surface area contributed by atoms with E-state index in [-0.39, 0.29) is 12.4 Å². The van der Waals surface area contributed by atoms with E-state index in [0.717, 1.165) is 4.47 Å². The highest BCUT2D eigenvalue weighted by Crippen LogP contribution is 2.31. The molecule has 0 aromatic heterocycles. The average Bonchev–Trinajstić information content (AvgIpc) is 2.61. The van der Waals surface area contributed by atoms with Gasteiger partial charge in [0, 0.05) is 10.0 Å². The Morgan fingerprint density at radius 1 is 1.12 bits per heavy atom. The summed E-state index contributed by atoms with van der Waals surface area (Å²) in [4.78, 5) is 24.5. The molecular weight excluding hydrogens is 376 g/mol. The van der Waals surface area contributed by atoms with Crippen molar-refractivity contribution in [3.05, 3.63) is 58.6 Å². The fourth-order valence-corrected chi connectivity index (χ4v) is 2.55. The fraction of sp³-hybridized carbons (Fsp3) is 0.222. The number of carbonyl (C=O) groups excluding carboxylic acids is 2. The zero-order valence-corrected chi connectivity index (χ0v) is 14.5. The van der Waals surface area contributed by atoms with Crippen LogP contribution in [0.1, 0.15) is 17.3 Å². The van der Waals surface area contributed by atoms with Crippen molar-refractivity contribution < 1.29 is 23.8 Å². The highest BCUT2D eigenvalue weighted by Gasteiger charge is 2.31. The lowest BCUT2D eigenvalue weighted by atomic mass is 10.1. The SMILES string of the molecule is C[C@H](OC(=O)[C@H]1COc2ccccc2O1)C(=O)c1ccc(Br)cc1. The minimum Gasteiger partial charge on any atom is -0.485 e. The van der Waals surface area contributed by atoms with Crippen LogP contribution in [0, 0.1) is 0 Å². The summed E-state index contributed by atoms with van der Waals surface area (Å²) in [5.74, 6) is 0.175. The van der Waals surface area contributed by atoms with Crippen LogP contribution in [0.3, 0.4) is 0 Å². The third-order valence-corrected chi connectivity index (χ3v) is 4.09. The van der Waals surface area contributed by atoms with Crippen molar-refractivity contribution in [1.82, 2.24) is 0 Å². The molecule has 24 heavy (non-hydrogen) atoms. The highest BCUT2D eigenvalue weighted by molar-refractivity contribution is 9.10. The molecule has 1 aliphatic rings. The minimum absolute atomic E-state index is 0.0506. The Balaban J connectivity index is 1.62. The van der Waals surface area contributed by atoms with Crippen LogP contribution >= 0.6 is 15.9 Å². The van der Waals surface area contributed by atoms with Gasteiger partial charge in [-0.05, 0) is 31.2 Å². The summed E-state index contributed by atoms with van der Waals surface area (Å²) < 4.78 is 17.2. The van der Waals surface area contributed by atoms with E-state index in [1.807, 2.05) is 6.07 Å². The van der Waals surface area contributed by atoms with Crippen LogP contribution in [0.4, 0.5) is 0 Å². The van der Waals surface area contributed by atoms with Crippen LogP contribution in [0.15, 0.2) is 53.0 Å². The molecule has 6 heteroatoms. The van der Waals surface area contributed by atoms with Crippen LogP contribution in [-0.2, 0) is 9.53 Å². The second kappa shape index (κ2) is 7.05. The van der Waals surface area contributed by atoms with Gasteiger partial charge < -0.3 is 14.2 Å². The van der Waals surface area contributed by atoms with Crippen molar-refractivity contribution in [2.45, 2.75) is 19.1 Å². The van der Waals surface area contributed by atoms with Crippen LogP contribution in [-0.4, -0.2) is 30.6 Å². The number of ketones is 1. The van der Waals surface area contributed by atoms with Crippen molar-refractivity contribution in [1.29, 1.82) is 0 Å². The summed E-state index contributed by atoms with van der Waals surface area (Å²) in [6.45, 7) is 1.59. The molecule has 3 rings (SSSR count). The van der Waals surface area contributed by atoms with Crippen molar-refractivity contribution >= 4 is 27.7 Å². The third kappa shape index (κ3) is 3.59. The Morgan fingerprint density at radius 2 is 1.79 bits per heavy atom. The number of ether oxygens (including phenoxy) is 3. The average molecular weight is 391 g/mol. The van der Waals surface area contributed by atoms with Gasteiger partial charge in [0.05, 0.1) is 0 Å². The number of halogens is 1. The molecule has 0 radical (unpaired) electrons. The van der Waals surface area contributed by atoms with Gasteiger partial charge in [0.2, 0.25) is 11.9 Å². The number of benzene rings is 2. The van der Waals surface area contributed by atoms with Gasteiger partial charge in [-0.3, -0.25) is 4.79 Å². The number of hydrogen-bond donors (Lipinski definition) is 0. The number of Topliss-reactive ketones (excluding diaryl/α,β-unsaturated/α-hetero) is 1. The summed E-state index contributed by atoms with van der Waals surface area (Å²) in [5.41, 5.74) is 0.477. The Kier molecular flexibility index (Phi) is 4.85. The quantitative estimate of drug-likeness (QED) is 0.591. The fourth-order valence-electron chi connectivity index (χ4n) is 2.29. The van der Waals surface area contributed by atoms with Crippen LogP contribution in [0.5, 0.6) is 11.5 Å². The van der Waals surface area contributed by atoms with Gasteiger partial charge in [-0.1, -0.05) is 40.2 Å². The molecule has 0 saturated carbocycles. The van der Waals surface area contributed by atoms with Crippen LogP contribution in [0.25, 0.3) is 0 Å². The third-order valence-electron chi connectivity index (χ3n) is 3.56. The van der Waals surface area contributed by atoms with Gasteiger partial charge in [0.1, 0.15) is 6.61 Å². The first-order chi connectivity index (χ1) is 11.5. The standard InChI is InChI=1S/C18H15BrO5/c1-11(17(20)12-6-8-13(19)9-7-12)23-18(21)16-10-22-14-4-2-3-5-15(14)24-16/h2-9,11,16H,10H2,1H3/t11-,16+/m0/s1. The highest BCUT2D eigenvalue weighted by atomic mass is 79.9. The van der Waals surface area contributed by atoms with Crippen LogP contribution < -0.4 is 9.47 Å². The van der Waals surface area contributed by atoms with E-state index in [4.69, 9.17) is 14.2 Å². The summed E-state index contributed by atoms with van der Waals surface area (Å²) in [6.07, 6.45) is -1.79. The minimum atomic E-state index is -0.903. The van der Waals surface area contributed by atoms with Crippen molar-refractivity contribution in [3.63, 3.8) is 0 Å². The molecule has 0 amide bonds. The Hall–Kier alpha value is -2.34. The van der Waals surface area contributed by atoms with E-state index in [1.165, 1.54) is 0 Å². The van der Waals surface area contributed by atoms with E-state index in [2.05, 4.69) is 15.9 Å². The molecular formula is C18H15BrO5. The number of hydrogen-bond acceptors (Lipinski definition) is 5. The van der Waals surface area contributed by atoms with Gasteiger partial charge in [0.25, 0.3) is 0 Å². The number of para-hydroxylation sites is 2. The van der Waals surface area contributed by atoms with E-state index in [0.29, 0.717) is 17.1 Å². The first kappa shape index (κ1) is 16.5. The monoisotopic (exact) mass is 390 g/mol. The maximum Gasteiger partial charge on any atom is 0.351 e. The lowest BCUT2D eigenvalue weighted by Gasteiger charge is -2.25. The second-order valence-electron chi connectivity index (χ2n) is 5.31. The van der Waals surface area contributed by atoms with E-state index < -0.39 is 18.2 Å². The lowest BCUT2D eigenvalue weighted by Crippen LogP contribution is -2.40. The summed E-state index contributed by atoms with van der Waals surface area (Å²) in [5, 5.41) is 0. The second-order valence-corrected chi connectivity index (χ2v) is 6.23. The topological polar surface area (TPSA) is 61.8 Å². The number of esters is 1. The largest absolute Gasteiger partial charge is 0.485 e. The Labute approximate surface area is 147 Å². The Morgan fingerprint density at radius 3 is 2.50 bits per heavy atom. The maximum absolute atomic E-state index is 12.3. The lowest BCUT2D eigenvalue weighted by molar-refractivity contribution is -0.157. The summed E-state index contributed by atoms with van der Waals surface area (Å²) in [6, 6.07) is 13.9. The smallest absolute Gasteiger partial charge is 0.351 e. The molecule has 2 atom stereocenters. The van der Waals surface area contributed by atoms with Gasteiger partial charge in [-0.2, -0.15) is 0 Å². The molecule has 0 spiro atoms. The first-order valence-electron chi connectivity index (χ1n) is 7.43. The zero-order valence-electron chi connectivity index (χ0n) is 12.9. The molecule has 0 aliphatic carbocycles. The molecule has 0 N–H and O–H groups in total. The molecule has 0 fully saturated rings. The van der Waals surface area contributed by atoms with Gasteiger partial charge in [-0.25, -0.2) is 4.79 Å². The Bertz CT molecular complexity index is 756. The molecule has 0 saturated heterocycles.